The molecule has 0 aliphatic heterocycles. The molecular formula is C20H22N4O. The molecule has 128 valence electrons. The van der Waals surface area contributed by atoms with Gasteiger partial charge in [0.2, 0.25) is 0 Å². The molecular weight excluding hydrogens is 312 g/mol. The van der Waals surface area contributed by atoms with Gasteiger partial charge in [-0.2, -0.15) is 0 Å². The average molecular weight is 334 g/mol. The molecule has 5 nitrogen and oxygen atoms in total. The Hall–Kier alpha value is -3.21. The molecule has 0 radical (unpaired) electrons. The van der Waals surface area contributed by atoms with Crippen molar-refractivity contribution in [1.82, 2.24) is 4.98 Å². The molecule has 2 aromatic carbocycles. The molecule has 1 heterocycles. The maximum atomic E-state index is 5.96. The van der Waals surface area contributed by atoms with Crippen LogP contribution in [0.4, 0.5) is 17.2 Å². The van der Waals surface area contributed by atoms with Crippen molar-refractivity contribution in [2.45, 2.75) is 13.5 Å². The molecule has 25 heavy (non-hydrogen) atoms. The summed E-state index contributed by atoms with van der Waals surface area (Å²) in [6.45, 7) is 2.55. The number of nitrogen functional groups attached to an aromatic ring is 2. The molecule has 0 atom stereocenters. The summed E-state index contributed by atoms with van der Waals surface area (Å²) in [6.07, 6.45) is 0. The highest BCUT2D eigenvalue weighted by atomic mass is 16.5. The molecule has 0 unspecified atom stereocenters. The summed E-state index contributed by atoms with van der Waals surface area (Å²) < 4.78 is 5.50. The number of aromatic nitrogens is 1. The van der Waals surface area contributed by atoms with Crippen molar-refractivity contribution in [3.05, 3.63) is 65.9 Å². The van der Waals surface area contributed by atoms with Crippen LogP contribution in [0.2, 0.25) is 0 Å². The summed E-state index contributed by atoms with van der Waals surface area (Å²) in [5, 5.41) is 3.33. The van der Waals surface area contributed by atoms with Gasteiger partial charge in [-0.25, -0.2) is 4.98 Å². The van der Waals surface area contributed by atoms with Crippen molar-refractivity contribution in [3.8, 4) is 16.9 Å². The third-order valence-corrected chi connectivity index (χ3v) is 4.01. The Morgan fingerprint density at radius 1 is 1.04 bits per heavy atom. The maximum Gasteiger partial charge on any atom is 0.147 e. The van der Waals surface area contributed by atoms with Crippen molar-refractivity contribution in [1.29, 1.82) is 0 Å². The van der Waals surface area contributed by atoms with Gasteiger partial charge < -0.3 is 21.5 Å². The lowest BCUT2D eigenvalue weighted by Crippen LogP contribution is -2.04. The Bertz CT molecular complexity index is 893. The van der Waals surface area contributed by atoms with E-state index in [9.17, 15) is 0 Å². The Kier molecular flexibility index (Phi) is 4.75. The zero-order chi connectivity index (χ0) is 17.8. The van der Waals surface area contributed by atoms with E-state index in [0.717, 1.165) is 39.5 Å². The summed E-state index contributed by atoms with van der Waals surface area (Å²) >= 11 is 0. The molecule has 1 aromatic heterocycles. The zero-order valence-electron chi connectivity index (χ0n) is 14.4. The van der Waals surface area contributed by atoms with E-state index in [1.54, 1.807) is 7.11 Å². The van der Waals surface area contributed by atoms with Crippen molar-refractivity contribution < 1.29 is 4.74 Å². The van der Waals surface area contributed by atoms with Crippen molar-refractivity contribution >= 4 is 17.2 Å². The number of hydrogen-bond acceptors (Lipinski definition) is 5. The van der Waals surface area contributed by atoms with Gasteiger partial charge in [0.1, 0.15) is 11.6 Å². The number of rotatable bonds is 5. The molecule has 3 rings (SSSR count). The number of benzene rings is 2. The average Bonchev–Trinajstić information content (AvgIpc) is 2.61. The summed E-state index contributed by atoms with van der Waals surface area (Å²) in [7, 11) is 1.67. The largest absolute Gasteiger partial charge is 0.496 e. The molecule has 0 saturated carbocycles. The Labute approximate surface area is 147 Å². The van der Waals surface area contributed by atoms with Gasteiger partial charge in [-0.1, -0.05) is 18.2 Å². The van der Waals surface area contributed by atoms with Gasteiger partial charge in [0.15, 0.2) is 0 Å². The number of nitrogens with two attached hydrogens (primary N) is 2. The molecule has 5 N–H and O–H groups in total. The maximum absolute atomic E-state index is 5.96. The predicted octanol–water partition coefficient (Wildman–Crippen LogP) is 3.84. The minimum Gasteiger partial charge on any atom is -0.496 e. The highest BCUT2D eigenvalue weighted by Gasteiger charge is 2.08. The fourth-order valence-corrected chi connectivity index (χ4v) is 2.72. The van der Waals surface area contributed by atoms with Crippen LogP contribution in [-0.2, 0) is 6.54 Å². The van der Waals surface area contributed by atoms with Crippen LogP contribution in [0.5, 0.6) is 5.75 Å². The van der Waals surface area contributed by atoms with Crippen LogP contribution in [0, 0.1) is 6.92 Å². The SMILES string of the molecule is COc1ccc(CNc2ccc(C)nc2N)cc1-c1cccc(N)c1. The number of methoxy groups -OCH3 is 1. The van der Waals surface area contributed by atoms with E-state index in [4.69, 9.17) is 16.2 Å². The summed E-state index contributed by atoms with van der Waals surface area (Å²) in [5.41, 5.74) is 17.5. The molecule has 0 aliphatic rings. The smallest absolute Gasteiger partial charge is 0.147 e. The van der Waals surface area contributed by atoms with Gasteiger partial charge in [0, 0.05) is 23.5 Å². The lowest BCUT2D eigenvalue weighted by Gasteiger charge is -2.13. The van der Waals surface area contributed by atoms with Gasteiger partial charge >= 0.3 is 0 Å². The van der Waals surface area contributed by atoms with E-state index >= 15 is 0 Å². The third kappa shape index (κ3) is 3.83. The monoisotopic (exact) mass is 334 g/mol. The second-order valence-electron chi connectivity index (χ2n) is 5.90. The van der Waals surface area contributed by atoms with E-state index < -0.39 is 0 Å². The van der Waals surface area contributed by atoms with Gasteiger partial charge in [0.05, 0.1) is 12.8 Å². The normalized spacial score (nSPS) is 10.5. The van der Waals surface area contributed by atoms with E-state index in [0.29, 0.717) is 12.4 Å². The Balaban J connectivity index is 1.86. The minimum atomic E-state index is 0.504. The summed E-state index contributed by atoms with van der Waals surface area (Å²) in [6, 6.07) is 17.7. The number of nitrogens with one attached hydrogen (secondary N) is 1. The quantitative estimate of drug-likeness (QED) is 0.617. The highest BCUT2D eigenvalue weighted by molar-refractivity contribution is 5.74. The van der Waals surface area contributed by atoms with Crippen LogP contribution in [0.3, 0.4) is 0 Å². The van der Waals surface area contributed by atoms with Crippen LogP contribution in [0.25, 0.3) is 11.1 Å². The summed E-state index contributed by atoms with van der Waals surface area (Å²) in [5.74, 6) is 1.32. The molecule has 3 aromatic rings. The third-order valence-electron chi connectivity index (χ3n) is 4.01. The second-order valence-corrected chi connectivity index (χ2v) is 5.90. The number of nitrogens with zero attached hydrogens (tertiary/aromatic N) is 1. The number of pyridine rings is 1. The van der Waals surface area contributed by atoms with Crippen molar-refractivity contribution in [3.63, 3.8) is 0 Å². The first-order valence-electron chi connectivity index (χ1n) is 8.06. The molecule has 0 fully saturated rings. The number of ether oxygens (including phenoxy) is 1. The Morgan fingerprint density at radius 3 is 2.60 bits per heavy atom. The first kappa shape index (κ1) is 16.6. The summed E-state index contributed by atoms with van der Waals surface area (Å²) in [4.78, 5) is 4.27. The molecule has 0 amide bonds. The van der Waals surface area contributed by atoms with Crippen LogP contribution in [0.1, 0.15) is 11.3 Å². The number of hydrogen-bond donors (Lipinski definition) is 3. The topological polar surface area (TPSA) is 86.2 Å². The molecule has 5 heteroatoms. The van der Waals surface area contributed by atoms with Crippen molar-refractivity contribution in [2.24, 2.45) is 0 Å². The van der Waals surface area contributed by atoms with Crippen molar-refractivity contribution in [2.75, 3.05) is 23.9 Å². The minimum absolute atomic E-state index is 0.504. The zero-order valence-corrected chi connectivity index (χ0v) is 14.4. The number of anilines is 3. The van der Waals surface area contributed by atoms with E-state index in [1.807, 2.05) is 55.5 Å². The fraction of sp³-hybridized carbons (Fsp3) is 0.150. The van der Waals surface area contributed by atoms with Gasteiger partial charge in [-0.15, -0.1) is 0 Å². The molecule has 0 bridgehead atoms. The van der Waals surface area contributed by atoms with Gasteiger partial charge in [-0.3, -0.25) is 0 Å². The van der Waals surface area contributed by atoms with E-state index in [-0.39, 0.29) is 0 Å². The molecule has 0 aliphatic carbocycles. The van der Waals surface area contributed by atoms with Crippen LogP contribution in [0.15, 0.2) is 54.6 Å². The predicted molar refractivity (Wildman–Crippen MR) is 104 cm³/mol. The lowest BCUT2D eigenvalue weighted by molar-refractivity contribution is 0.416. The first-order valence-corrected chi connectivity index (χ1v) is 8.06. The van der Waals surface area contributed by atoms with Crippen LogP contribution in [-0.4, -0.2) is 12.1 Å². The Morgan fingerprint density at radius 2 is 1.88 bits per heavy atom. The second kappa shape index (κ2) is 7.13. The van der Waals surface area contributed by atoms with E-state index in [2.05, 4.69) is 16.4 Å². The van der Waals surface area contributed by atoms with E-state index in [1.165, 1.54) is 0 Å². The molecule has 0 saturated heterocycles. The highest BCUT2D eigenvalue weighted by Crippen LogP contribution is 2.32. The van der Waals surface area contributed by atoms with Gasteiger partial charge in [-0.05, 0) is 54.4 Å². The molecule has 0 spiro atoms. The van der Waals surface area contributed by atoms with Gasteiger partial charge in [0.25, 0.3) is 0 Å². The fourth-order valence-electron chi connectivity index (χ4n) is 2.72. The van der Waals surface area contributed by atoms with Crippen LogP contribution >= 0.6 is 0 Å². The first-order chi connectivity index (χ1) is 12.1. The lowest BCUT2D eigenvalue weighted by atomic mass is 10.0. The number of aryl methyl sites for hydroxylation is 1. The van der Waals surface area contributed by atoms with Crippen LogP contribution < -0.4 is 21.5 Å². The standard InChI is InChI=1S/C20H22N4O/c1-13-6-8-18(20(22)24-13)23-12-14-7-9-19(25-2)17(10-14)15-4-3-5-16(21)11-15/h3-11,23H,12,21H2,1-2H3,(H2,22,24).